The van der Waals surface area contributed by atoms with E-state index in [1.807, 2.05) is 11.6 Å². The van der Waals surface area contributed by atoms with Gasteiger partial charge >= 0.3 is 0 Å². The quantitative estimate of drug-likeness (QED) is 0.477. The van der Waals surface area contributed by atoms with Gasteiger partial charge in [0.1, 0.15) is 12.2 Å². The molecule has 19 heavy (non-hydrogen) atoms. The highest BCUT2D eigenvalue weighted by Gasteiger charge is 2.11. The minimum Gasteiger partial charge on any atom is -0.321 e. The maximum atomic E-state index is 10.8. The average molecular weight is 261 g/mol. The number of hydrogen-bond donors (Lipinski definition) is 1. The van der Waals surface area contributed by atoms with Crippen LogP contribution in [0.1, 0.15) is 11.4 Å². The molecule has 1 heterocycles. The van der Waals surface area contributed by atoms with Crippen LogP contribution in [0.25, 0.3) is 0 Å². The van der Waals surface area contributed by atoms with E-state index in [0.29, 0.717) is 18.7 Å². The van der Waals surface area contributed by atoms with Gasteiger partial charge in [0.05, 0.1) is 4.92 Å². The number of nitrogens with one attached hydrogen (secondary N) is 1. The number of benzene rings is 1. The first-order chi connectivity index (χ1) is 9.18. The number of para-hydroxylation sites is 1. The molecule has 0 spiro atoms. The van der Waals surface area contributed by atoms with Crippen LogP contribution in [-0.2, 0) is 20.0 Å². The van der Waals surface area contributed by atoms with Gasteiger partial charge in [-0.15, -0.1) is 10.2 Å². The topological polar surface area (TPSA) is 85.9 Å². The van der Waals surface area contributed by atoms with Crippen molar-refractivity contribution in [2.45, 2.75) is 13.0 Å². The van der Waals surface area contributed by atoms with Crippen molar-refractivity contribution in [3.05, 3.63) is 52.1 Å². The highest BCUT2D eigenvalue weighted by atomic mass is 16.6. The van der Waals surface area contributed by atoms with E-state index in [1.54, 1.807) is 24.5 Å². The molecular weight excluding hydrogens is 246 g/mol. The highest BCUT2D eigenvalue weighted by molar-refractivity contribution is 5.39. The van der Waals surface area contributed by atoms with E-state index >= 15 is 0 Å². The summed E-state index contributed by atoms with van der Waals surface area (Å²) in [7, 11) is 1.89. The van der Waals surface area contributed by atoms with Crippen LogP contribution in [0.15, 0.2) is 30.6 Å². The fourth-order valence-corrected chi connectivity index (χ4v) is 1.80. The molecule has 2 rings (SSSR count). The Balaban J connectivity index is 1.86. The smallest absolute Gasteiger partial charge is 0.273 e. The van der Waals surface area contributed by atoms with Gasteiger partial charge in [-0.05, 0) is 0 Å². The fourth-order valence-electron chi connectivity index (χ4n) is 1.80. The van der Waals surface area contributed by atoms with Crippen molar-refractivity contribution in [1.29, 1.82) is 0 Å². The first-order valence-corrected chi connectivity index (χ1v) is 5.94. The van der Waals surface area contributed by atoms with Crippen molar-refractivity contribution in [2.75, 3.05) is 6.54 Å². The van der Waals surface area contributed by atoms with Gasteiger partial charge in [0, 0.05) is 38.2 Å². The lowest BCUT2D eigenvalue weighted by atomic mass is 10.2. The second kappa shape index (κ2) is 6.05. The van der Waals surface area contributed by atoms with E-state index in [4.69, 9.17) is 0 Å². The minimum atomic E-state index is -0.361. The molecule has 0 aliphatic heterocycles. The summed E-state index contributed by atoms with van der Waals surface area (Å²) in [6.45, 7) is 1.16. The predicted molar refractivity (Wildman–Crippen MR) is 69.5 cm³/mol. The van der Waals surface area contributed by atoms with Gasteiger partial charge in [-0.25, -0.2) is 0 Å². The summed E-state index contributed by atoms with van der Waals surface area (Å²) >= 11 is 0. The van der Waals surface area contributed by atoms with Crippen molar-refractivity contribution >= 4 is 5.69 Å². The van der Waals surface area contributed by atoms with Crippen LogP contribution < -0.4 is 5.32 Å². The van der Waals surface area contributed by atoms with Crippen molar-refractivity contribution in [3.8, 4) is 0 Å². The van der Waals surface area contributed by atoms with E-state index in [1.165, 1.54) is 6.07 Å². The van der Waals surface area contributed by atoms with Gasteiger partial charge in [-0.3, -0.25) is 10.1 Å². The summed E-state index contributed by atoms with van der Waals surface area (Å²) in [4.78, 5) is 10.5. The van der Waals surface area contributed by atoms with Crippen LogP contribution in [0.2, 0.25) is 0 Å². The number of nitro groups is 1. The van der Waals surface area contributed by atoms with E-state index in [-0.39, 0.29) is 10.6 Å². The summed E-state index contributed by atoms with van der Waals surface area (Å²) in [6.07, 6.45) is 2.38. The van der Waals surface area contributed by atoms with Crippen LogP contribution in [0.4, 0.5) is 5.69 Å². The van der Waals surface area contributed by atoms with Gasteiger partial charge in [-0.1, -0.05) is 18.2 Å². The first kappa shape index (κ1) is 13.2. The minimum absolute atomic E-state index is 0.147. The third kappa shape index (κ3) is 3.35. The molecule has 2 aromatic rings. The molecule has 0 saturated carbocycles. The normalized spacial score (nSPS) is 10.6. The summed E-state index contributed by atoms with van der Waals surface area (Å²) < 4.78 is 1.85. The fraction of sp³-hybridized carbons (Fsp3) is 0.333. The van der Waals surface area contributed by atoms with Crippen molar-refractivity contribution < 1.29 is 4.92 Å². The van der Waals surface area contributed by atoms with Crippen LogP contribution in [0.5, 0.6) is 0 Å². The molecule has 0 amide bonds. The monoisotopic (exact) mass is 261 g/mol. The molecule has 0 aliphatic rings. The summed E-state index contributed by atoms with van der Waals surface area (Å²) in [6, 6.07) is 6.74. The second-order valence-electron chi connectivity index (χ2n) is 4.17. The Hall–Kier alpha value is -2.28. The summed E-state index contributed by atoms with van der Waals surface area (Å²) in [5.41, 5.74) is 0.833. The lowest BCUT2D eigenvalue weighted by Crippen LogP contribution is -2.18. The molecule has 0 fully saturated rings. The molecule has 0 aliphatic carbocycles. The Morgan fingerprint density at radius 1 is 1.42 bits per heavy atom. The summed E-state index contributed by atoms with van der Waals surface area (Å²) in [5, 5.41) is 21.8. The van der Waals surface area contributed by atoms with E-state index in [0.717, 1.165) is 12.2 Å². The Bertz CT molecular complexity index is 567. The SMILES string of the molecule is Cn1cnnc1CCNCc1ccccc1[N+](=O)[O-]. The maximum absolute atomic E-state index is 10.8. The lowest BCUT2D eigenvalue weighted by molar-refractivity contribution is -0.385. The zero-order chi connectivity index (χ0) is 13.7. The third-order valence-electron chi connectivity index (χ3n) is 2.83. The zero-order valence-corrected chi connectivity index (χ0v) is 10.6. The van der Waals surface area contributed by atoms with Crippen molar-refractivity contribution in [2.24, 2.45) is 7.05 Å². The third-order valence-corrected chi connectivity index (χ3v) is 2.83. The molecule has 100 valence electrons. The molecule has 1 N–H and O–H groups in total. The number of aryl methyl sites for hydroxylation is 1. The number of nitrogens with zero attached hydrogens (tertiary/aromatic N) is 4. The van der Waals surface area contributed by atoms with Crippen LogP contribution in [-0.4, -0.2) is 26.2 Å². The van der Waals surface area contributed by atoms with Gasteiger partial charge in [0.25, 0.3) is 5.69 Å². The molecule has 0 saturated heterocycles. The van der Waals surface area contributed by atoms with Crippen molar-refractivity contribution in [3.63, 3.8) is 0 Å². The predicted octanol–water partition coefficient (Wildman–Crippen LogP) is 1.06. The largest absolute Gasteiger partial charge is 0.321 e. The number of nitro benzene ring substituents is 1. The molecule has 1 aromatic carbocycles. The number of hydrogen-bond acceptors (Lipinski definition) is 5. The summed E-state index contributed by atoms with van der Waals surface area (Å²) in [5.74, 6) is 0.884. The maximum Gasteiger partial charge on any atom is 0.273 e. The van der Waals surface area contributed by atoms with Gasteiger partial charge in [-0.2, -0.15) is 0 Å². The molecular formula is C12H15N5O2. The van der Waals surface area contributed by atoms with Gasteiger partial charge in [0.2, 0.25) is 0 Å². The van der Waals surface area contributed by atoms with E-state index in [2.05, 4.69) is 15.5 Å². The van der Waals surface area contributed by atoms with Crippen LogP contribution in [0.3, 0.4) is 0 Å². The standard InChI is InChI=1S/C12H15N5O2/c1-16-9-14-15-12(16)6-7-13-8-10-4-2-3-5-11(10)17(18)19/h2-5,9,13H,6-8H2,1H3. The lowest BCUT2D eigenvalue weighted by Gasteiger charge is -2.05. The number of aromatic nitrogens is 3. The Morgan fingerprint density at radius 3 is 2.89 bits per heavy atom. The van der Waals surface area contributed by atoms with Crippen LogP contribution >= 0.6 is 0 Å². The van der Waals surface area contributed by atoms with Gasteiger partial charge in [0.15, 0.2) is 0 Å². The Labute approximate surface area is 110 Å². The second-order valence-corrected chi connectivity index (χ2v) is 4.17. The van der Waals surface area contributed by atoms with E-state index in [9.17, 15) is 10.1 Å². The molecule has 1 aromatic heterocycles. The average Bonchev–Trinajstić information content (AvgIpc) is 2.80. The Kier molecular flexibility index (Phi) is 4.19. The molecule has 0 atom stereocenters. The molecule has 7 heteroatoms. The zero-order valence-electron chi connectivity index (χ0n) is 10.6. The number of rotatable bonds is 6. The molecule has 0 bridgehead atoms. The molecule has 0 unspecified atom stereocenters. The van der Waals surface area contributed by atoms with Crippen LogP contribution in [0, 0.1) is 10.1 Å². The van der Waals surface area contributed by atoms with Crippen molar-refractivity contribution in [1.82, 2.24) is 20.1 Å². The van der Waals surface area contributed by atoms with E-state index < -0.39 is 0 Å². The first-order valence-electron chi connectivity index (χ1n) is 5.94. The molecule has 7 nitrogen and oxygen atoms in total. The molecule has 0 radical (unpaired) electrons. The Morgan fingerprint density at radius 2 is 2.21 bits per heavy atom. The van der Waals surface area contributed by atoms with Gasteiger partial charge < -0.3 is 9.88 Å². The highest BCUT2D eigenvalue weighted by Crippen LogP contribution is 2.16.